The van der Waals surface area contributed by atoms with Gasteiger partial charge in [0.1, 0.15) is 0 Å². The zero-order valence-corrected chi connectivity index (χ0v) is 11.6. The van der Waals surface area contributed by atoms with Crippen molar-refractivity contribution in [3.8, 4) is 0 Å². The smallest absolute Gasteiger partial charge is 0.234 e. The Morgan fingerprint density at radius 2 is 2.18 bits per heavy atom. The van der Waals surface area contributed by atoms with E-state index >= 15 is 0 Å². The number of hydrogen-bond donors (Lipinski definition) is 2. The first-order chi connectivity index (χ1) is 7.99. The minimum Gasteiger partial charge on any atom is -0.352 e. The molecule has 0 aromatic carbocycles. The highest BCUT2D eigenvalue weighted by Crippen LogP contribution is 2.06. The predicted octanol–water partition coefficient (Wildman–Crippen LogP) is 0.831. The molecule has 1 fully saturated rings. The van der Waals surface area contributed by atoms with Gasteiger partial charge in [0.2, 0.25) is 5.91 Å². The Morgan fingerprint density at radius 3 is 2.71 bits per heavy atom. The quantitative estimate of drug-likeness (QED) is 0.724. The van der Waals surface area contributed by atoms with E-state index in [1.807, 2.05) is 7.05 Å². The number of rotatable bonds is 6. The summed E-state index contributed by atoms with van der Waals surface area (Å²) in [5.74, 6) is 0.618. The van der Waals surface area contributed by atoms with Crippen LogP contribution in [0.2, 0.25) is 0 Å². The summed E-state index contributed by atoms with van der Waals surface area (Å²) in [6.45, 7) is 8.88. The van der Waals surface area contributed by atoms with Crippen LogP contribution in [0.4, 0.5) is 0 Å². The highest BCUT2D eigenvalue weighted by atomic mass is 16.2. The molecule has 2 N–H and O–H groups in total. The zero-order valence-electron chi connectivity index (χ0n) is 11.6. The molecule has 2 unspecified atom stereocenters. The summed E-state index contributed by atoms with van der Waals surface area (Å²) in [4.78, 5) is 13.9. The Balaban J connectivity index is 2.20. The second-order valence-electron chi connectivity index (χ2n) is 5.59. The molecule has 0 aromatic rings. The molecule has 0 spiro atoms. The summed E-state index contributed by atoms with van der Waals surface area (Å²) in [5, 5.41) is 6.48. The van der Waals surface area contributed by atoms with Crippen LogP contribution in [0.15, 0.2) is 0 Å². The highest BCUT2D eigenvalue weighted by molar-refractivity contribution is 5.78. The van der Waals surface area contributed by atoms with Gasteiger partial charge >= 0.3 is 0 Å². The van der Waals surface area contributed by atoms with Gasteiger partial charge in [0.15, 0.2) is 0 Å². The molecule has 0 aliphatic carbocycles. The second-order valence-corrected chi connectivity index (χ2v) is 5.59. The number of carbonyl (C=O) groups is 1. The third kappa shape index (κ3) is 5.50. The molecule has 4 nitrogen and oxygen atoms in total. The Morgan fingerprint density at radius 1 is 1.47 bits per heavy atom. The van der Waals surface area contributed by atoms with Crippen LogP contribution in [-0.4, -0.2) is 49.6 Å². The number of hydrogen-bond acceptors (Lipinski definition) is 3. The van der Waals surface area contributed by atoms with Crippen LogP contribution < -0.4 is 10.6 Å². The summed E-state index contributed by atoms with van der Waals surface area (Å²) in [6, 6.07) is 0.816. The minimum absolute atomic E-state index is 0.131. The van der Waals surface area contributed by atoms with E-state index in [0.29, 0.717) is 18.5 Å². The van der Waals surface area contributed by atoms with Gasteiger partial charge in [-0.05, 0) is 39.3 Å². The molecular formula is C13H27N3O. The van der Waals surface area contributed by atoms with Crippen LogP contribution in [0.25, 0.3) is 0 Å². The van der Waals surface area contributed by atoms with Crippen molar-refractivity contribution in [2.45, 2.75) is 45.7 Å². The van der Waals surface area contributed by atoms with E-state index < -0.39 is 0 Å². The lowest BCUT2D eigenvalue weighted by Gasteiger charge is -2.23. The standard InChI is InChI=1S/C13H27N3O/c1-10(2)11(3)15-13(17)9-16(4)8-12-6-5-7-14-12/h10-12,14H,5-9H2,1-4H3,(H,15,17). The maximum absolute atomic E-state index is 11.8. The Labute approximate surface area is 105 Å². The molecule has 17 heavy (non-hydrogen) atoms. The normalized spacial score (nSPS) is 22.1. The van der Waals surface area contributed by atoms with Crippen molar-refractivity contribution in [3.63, 3.8) is 0 Å². The number of likely N-dealkylation sites (N-methyl/N-ethyl adjacent to an activating group) is 1. The van der Waals surface area contributed by atoms with Crippen LogP contribution in [-0.2, 0) is 4.79 Å². The number of nitrogens with one attached hydrogen (secondary N) is 2. The lowest BCUT2D eigenvalue weighted by atomic mass is 10.1. The molecule has 1 amide bonds. The topological polar surface area (TPSA) is 44.4 Å². The maximum atomic E-state index is 11.8. The number of nitrogens with zero attached hydrogens (tertiary/aromatic N) is 1. The predicted molar refractivity (Wildman–Crippen MR) is 71.0 cm³/mol. The first-order valence-corrected chi connectivity index (χ1v) is 6.70. The van der Waals surface area contributed by atoms with Crippen LogP contribution in [0.1, 0.15) is 33.6 Å². The number of amides is 1. The lowest BCUT2D eigenvalue weighted by molar-refractivity contribution is -0.122. The van der Waals surface area contributed by atoms with E-state index in [4.69, 9.17) is 0 Å². The monoisotopic (exact) mass is 241 g/mol. The molecule has 1 saturated heterocycles. The van der Waals surface area contributed by atoms with Gasteiger partial charge < -0.3 is 10.6 Å². The Kier molecular flexibility index (Phi) is 5.92. The third-order valence-corrected chi connectivity index (χ3v) is 3.50. The minimum atomic E-state index is 0.131. The first-order valence-electron chi connectivity index (χ1n) is 6.70. The van der Waals surface area contributed by atoms with Gasteiger partial charge in [-0.3, -0.25) is 9.69 Å². The van der Waals surface area contributed by atoms with Crippen molar-refractivity contribution >= 4 is 5.91 Å². The average molecular weight is 241 g/mol. The summed E-state index contributed by atoms with van der Waals surface area (Å²) in [5.41, 5.74) is 0. The van der Waals surface area contributed by atoms with E-state index in [-0.39, 0.29) is 11.9 Å². The first kappa shape index (κ1) is 14.5. The van der Waals surface area contributed by atoms with Gasteiger partial charge in [-0.25, -0.2) is 0 Å². The van der Waals surface area contributed by atoms with Crippen molar-refractivity contribution in [3.05, 3.63) is 0 Å². The molecule has 0 bridgehead atoms. The van der Waals surface area contributed by atoms with Crippen LogP contribution >= 0.6 is 0 Å². The van der Waals surface area contributed by atoms with Crippen LogP contribution in [0.5, 0.6) is 0 Å². The van der Waals surface area contributed by atoms with Gasteiger partial charge in [0.05, 0.1) is 6.54 Å². The van der Waals surface area contributed by atoms with E-state index in [9.17, 15) is 4.79 Å². The van der Waals surface area contributed by atoms with E-state index in [0.717, 1.165) is 13.1 Å². The molecule has 0 radical (unpaired) electrons. The van der Waals surface area contributed by atoms with E-state index in [1.165, 1.54) is 12.8 Å². The summed E-state index contributed by atoms with van der Waals surface area (Å²) in [7, 11) is 2.01. The van der Waals surface area contributed by atoms with E-state index in [1.54, 1.807) is 0 Å². The fraction of sp³-hybridized carbons (Fsp3) is 0.923. The van der Waals surface area contributed by atoms with Gasteiger partial charge in [0.25, 0.3) is 0 Å². The second kappa shape index (κ2) is 6.97. The zero-order chi connectivity index (χ0) is 12.8. The molecule has 1 aliphatic heterocycles. The maximum Gasteiger partial charge on any atom is 0.234 e. The third-order valence-electron chi connectivity index (χ3n) is 3.50. The van der Waals surface area contributed by atoms with Gasteiger partial charge in [-0.15, -0.1) is 0 Å². The largest absolute Gasteiger partial charge is 0.352 e. The molecule has 1 aliphatic rings. The van der Waals surface area contributed by atoms with Gasteiger partial charge in [-0.2, -0.15) is 0 Å². The molecule has 1 rings (SSSR count). The van der Waals surface area contributed by atoms with Gasteiger partial charge in [-0.1, -0.05) is 13.8 Å². The molecule has 1 heterocycles. The highest BCUT2D eigenvalue weighted by Gasteiger charge is 2.18. The fourth-order valence-electron chi connectivity index (χ4n) is 2.06. The summed E-state index contributed by atoms with van der Waals surface area (Å²) >= 11 is 0. The SMILES string of the molecule is CC(C)C(C)NC(=O)CN(C)CC1CCCN1. The van der Waals surface area contributed by atoms with Crippen LogP contribution in [0, 0.1) is 5.92 Å². The summed E-state index contributed by atoms with van der Waals surface area (Å²) in [6.07, 6.45) is 2.49. The summed E-state index contributed by atoms with van der Waals surface area (Å²) < 4.78 is 0. The molecule has 2 atom stereocenters. The molecule has 100 valence electrons. The average Bonchev–Trinajstić information content (AvgIpc) is 2.69. The molecule has 0 aromatic heterocycles. The fourth-order valence-corrected chi connectivity index (χ4v) is 2.06. The van der Waals surface area contributed by atoms with Crippen molar-refractivity contribution in [1.82, 2.24) is 15.5 Å². The lowest BCUT2D eigenvalue weighted by Crippen LogP contribution is -2.44. The molecule has 0 saturated carbocycles. The Hall–Kier alpha value is -0.610. The van der Waals surface area contributed by atoms with Crippen molar-refractivity contribution in [2.75, 3.05) is 26.7 Å². The molecule has 4 heteroatoms. The van der Waals surface area contributed by atoms with Gasteiger partial charge in [0, 0.05) is 18.6 Å². The van der Waals surface area contributed by atoms with E-state index in [2.05, 4.69) is 36.3 Å². The number of carbonyl (C=O) groups excluding carboxylic acids is 1. The van der Waals surface area contributed by atoms with Crippen molar-refractivity contribution in [1.29, 1.82) is 0 Å². The van der Waals surface area contributed by atoms with Crippen molar-refractivity contribution in [2.24, 2.45) is 5.92 Å². The molecular weight excluding hydrogens is 214 g/mol. The van der Waals surface area contributed by atoms with Crippen LogP contribution in [0.3, 0.4) is 0 Å². The Bertz CT molecular complexity index is 237. The van der Waals surface area contributed by atoms with Crippen molar-refractivity contribution < 1.29 is 4.79 Å².